The molecule has 0 aliphatic rings. The molecule has 0 amide bonds. The summed E-state index contributed by atoms with van der Waals surface area (Å²) < 4.78 is 0. The first-order chi connectivity index (χ1) is 2.27. The Labute approximate surface area is 52.4 Å². The van der Waals surface area contributed by atoms with Crippen LogP contribution in [0.2, 0.25) is 0 Å². The van der Waals surface area contributed by atoms with Crippen molar-refractivity contribution in [3.05, 3.63) is 11.6 Å². The van der Waals surface area contributed by atoms with Gasteiger partial charge in [0.2, 0.25) is 0 Å². The number of allylic oxidation sites excluding steroid dienone is 2. The number of hydrogen-bond donors (Lipinski definition) is 0. The van der Waals surface area contributed by atoms with Crippen LogP contribution in [0.25, 0.3) is 0 Å². The molecule has 0 aromatic carbocycles. The largest absolute Gasteiger partial charge is 1.00 e. The molecule has 0 unspecified atom stereocenters. The van der Waals surface area contributed by atoms with Gasteiger partial charge in [-0.3, -0.25) is 5.57 Å². The average Bonchev–Trinajstić information content (AvgIpc) is 1.38. The SMILES string of the molecule is C[C-]=C(C)C.[Ru+]. The van der Waals surface area contributed by atoms with Gasteiger partial charge in [-0.2, -0.15) is 6.92 Å². The molecule has 0 rings (SSSR count). The van der Waals surface area contributed by atoms with Crippen molar-refractivity contribution < 1.29 is 19.5 Å². The summed E-state index contributed by atoms with van der Waals surface area (Å²) in [6, 6.07) is 0. The third-order valence-corrected chi connectivity index (χ3v) is 0.500. The van der Waals surface area contributed by atoms with Gasteiger partial charge in [0.05, 0.1) is 0 Å². The average molecular weight is 170 g/mol. The van der Waals surface area contributed by atoms with Crippen LogP contribution < -0.4 is 0 Å². The summed E-state index contributed by atoms with van der Waals surface area (Å²) in [7, 11) is 0. The van der Waals surface area contributed by atoms with Gasteiger partial charge < -0.3 is 6.08 Å². The predicted octanol–water partition coefficient (Wildman–Crippen LogP) is 1.77. The predicted molar refractivity (Wildman–Crippen MR) is 23.8 cm³/mol. The Hall–Kier alpha value is 0.363. The molecule has 0 aliphatic heterocycles. The van der Waals surface area contributed by atoms with Gasteiger partial charge in [0.1, 0.15) is 0 Å². The van der Waals surface area contributed by atoms with Gasteiger partial charge in [0, 0.05) is 0 Å². The standard InChI is InChI=1S/C5H9.Ru/c1-4-5(2)3;/h1-3H3;/q-1;+1. The summed E-state index contributed by atoms with van der Waals surface area (Å²) in [5.41, 5.74) is 1.25. The molecule has 0 spiro atoms. The molecular formula is C5H9Ru. The van der Waals surface area contributed by atoms with Crippen LogP contribution in [0.1, 0.15) is 20.8 Å². The normalized spacial score (nSPS) is 5.83. The van der Waals surface area contributed by atoms with E-state index in [9.17, 15) is 0 Å². The molecule has 6 heavy (non-hydrogen) atoms. The van der Waals surface area contributed by atoms with Crippen molar-refractivity contribution in [3.63, 3.8) is 0 Å². The van der Waals surface area contributed by atoms with Crippen molar-refractivity contribution in [2.75, 3.05) is 0 Å². The fraction of sp³-hybridized carbons (Fsp3) is 0.600. The van der Waals surface area contributed by atoms with Crippen LogP contribution >= 0.6 is 0 Å². The van der Waals surface area contributed by atoms with Crippen molar-refractivity contribution in [1.29, 1.82) is 0 Å². The van der Waals surface area contributed by atoms with Gasteiger partial charge in [0.25, 0.3) is 0 Å². The summed E-state index contributed by atoms with van der Waals surface area (Å²) in [6.45, 7) is 5.97. The van der Waals surface area contributed by atoms with Crippen LogP contribution in [0.4, 0.5) is 0 Å². The first kappa shape index (κ1) is 9.61. The zero-order valence-electron chi connectivity index (χ0n) is 4.35. The summed E-state index contributed by atoms with van der Waals surface area (Å²) >= 11 is 0. The molecule has 0 fully saturated rings. The molecule has 0 N–H and O–H groups in total. The molecule has 0 aromatic heterocycles. The first-order valence-corrected chi connectivity index (χ1v) is 1.75. The van der Waals surface area contributed by atoms with Gasteiger partial charge >= 0.3 is 19.5 Å². The Morgan fingerprint density at radius 3 is 1.50 bits per heavy atom. The second-order valence-corrected chi connectivity index (χ2v) is 1.25. The van der Waals surface area contributed by atoms with Crippen LogP contribution in [0.5, 0.6) is 0 Å². The van der Waals surface area contributed by atoms with Crippen molar-refractivity contribution in [3.8, 4) is 0 Å². The zero-order valence-corrected chi connectivity index (χ0v) is 6.09. The van der Waals surface area contributed by atoms with Gasteiger partial charge in [0.15, 0.2) is 0 Å². The van der Waals surface area contributed by atoms with E-state index >= 15 is 0 Å². The Bertz CT molecular complexity index is 41.9. The van der Waals surface area contributed by atoms with Crippen LogP contribution in [0.3, 0.4) is 0 Å². The third-order valence-electron chi connectivity index (χ3n) is 0.500. The molecule has 0 aromatic rings. The van der Waals surface area contributed by atoms with E-state index in [0.717, 1.165) is 0 Å². The minimum Gasteiger partial charge on any atom is -0.501 e. The van der Waals surface area contributed by atoms with Crippen molar-refractivity contribution in [1.82, 2.24) is 0 Å². The summed E-state index contributed by atoms with van der Waals surface area (Å²) in [5, 5.41) is 0. The molecule has 0 bridgehead atoms. The number of rotatable bonds is 0. The molecule has 0 saturated carbocycles. The van der Waals surface area contributed by atoms with Gasteiger partial charge in [-0.1, -0.05) is 13.8 Å². The fourth-order valence-electron chi connectivity index (χ4n) is 0. The van der Waals surface area contributed by atoms with Crippen LogP contribution in [-0.4, -0.2) is 0 Å². The molecule has 1 radical (unpaired) electrons. The minimum atomic E-state index is 0. The van der Waals surface area contributed by atoms with Crippen molar-refractivity contribution in [2.45, 2.75) is 20.8 Å². The van der Waals surface area contributed by atoms with E-state index in [2.05, 4.69) is 6.08 Å². The molecule has 0 nitrogen and oxygen atoms in total. The summed E-state index contributed by atoms with van der Waals surface area (Å²) in [4.78, 5) is 0. The van der Waals surface area contributed by atoms with Crippen LogP contribution in [0.15, 0.2) is 5.57 Å². The van der Waals surface area contributed by atoms with Gasteiger partial charge in [-0.25, -0.2) is 0 Å². The van der Waals surface area contributed by atoms with E-state index in [1.165, 1.54) is 5.57 Å². The maximum Gasteiger partial charge on any atom is 1.00 e. The second kappa shape index (κ2) is 5.36. The smallest absolute Gasteiger partial charge is 0.501 e. The molecule has 37 valence electrons. The van der Waals surface area contributed by atoms with Crippen LogP contribution in [0, 0.1) is 6.08 Å². The van der Waals surface area contributed by atoms with Gasteiger partial charge in [-0.05, 0) is 0 Å². The maximum atomic E-state index is 2.94. The van der Waals surface area contributed by atoms with E-state index in [1.807, 2.05) is 20.8 Å². The summed E-state index contributed by atoms with van der Waals surface area (Å²) in [5.74, 6) is 0. The Kier molecular flexibility index (Phi) is 8.59. The van der Waals surface area contributed by atoms with Crippen molar-refractivity contribution in [2.24, 2.45) is 0 Å². The summed E-state index contributed by atoms with van der Waals surface area (Å²) in [6.07, 6.45) is 2.94. The molecule has 0 saturated heterocycles. The monoisotopic (exact) mass is 171 g/mol. The van der Waals surface area contributed by atoms with Crippen LogP contribution in [-0.2, 0) is 19.5 Å². The molecule has 0 heterocycles. The molecule has 0 aliphatic carbocycles. The molecule has 1 heteroatoms. The van der Waals surface area contributed by atoms with E-state index in [0.29, 0.717) is 0 Å². The quantitative estimate of drug-likeness (QED) is 0.384. The molecular weight excluding hydrogens is 161 g/mol. The Morgan fingerprint density at radius 2 is 1.50 bits per heavy atom. The van der Waals surface area contributed by atoms with E-state index in [-0.39, 0.29) is 19.5 Å². The number of hydrogen-bond acceptors (Lipinski definition) is 0. The topological polar surface area (TPSA) is 0 Å². The first-order valence-electron chi connectivity index (χ1n) is 1.75. The zero-order chi connectivity index (χ0) is 4.28. The Morgan fingerprint density at radius 1 is 1.33 bits per heavy atom. The van der Waals surface area contributed by atoms with E-state index < -0.39 is 0 Å². The minimum absolute atomic E-state index is 0. The van der Waals surface area contributed by atoms with E-state index in [1.54, 1.807) is 0 Å². The fourth-order valence-corrected chi connectivity index (χ4v) is 0. The Balaban J connectivity index is 0. The van der Waals surface area contributed by atoms with E-state index in [4.69, 9.17) is 0 Å². The second-order valence-electron chi connectivity index (χ2n) is 1.25. The molecule has 0 atom stereocenters. The van der Waals surface area contributed by atoms with Crippen molar-refractivity contribution >= 4 is 0 Å². The maximum absolute atomic E-state index is 2.94. The third kappa shape index (κ3) is 8.84. The van der Waals surface area contributed by atoms with Gasteiger partial charge in [-0.15, -0.1) is 0 Å².